The van der Waals surface area contributed by atoms with E-state index in [1.165, 1.54) is 13.5 Å². The highest BCUT2D eigenvalue weighted by atomic mass is 16.5. The molecule has 106 valence electrons. The van der Waals surface area contributed by atoms with E-state index in [1.54, 1.807) is 0 Å². The standard InChI is InChI=1S/C14H28N2O2/c1-13(2)7-11(15)8-14(3,9-13)10-16-6-5-12(17)18-4/h11,16H,5-10,15H2,1-4H3. The minimum absolute atomic E-state index is 0.159. The summed E-state index contributed by atoms with van der Waals surface area (Å²) in [6.07, 6.45) is 3.77. The lowest BCUT2D eigenvalue weighted by atomic mass is 9.63. The fraction of sp³-hybridized carbons (Fsp3) is 0.929. The summed E-state index contributed by atoms with van der Waals surface area (Å²) in [4.78, 5) is 11.0. The van der Waals surface area contributed by atoms with Gasteiger partial charge in [-0.3, -0.25) is 4.79 Å². The molecule has 0 aromatic carbocycles. The van der Waals surface area contributed by atoms with Crippen molar-refractivity contribution in [3.63, 3.8) is 0 Å². The Morgan fingerprint density at radius 2 is 2.06 bits per heavy atom. The first-order chi connectivity index (χ1) is 8.26. The van der Waals surface area contributed by atoms with Gasteiger partial charge in [-0.15, -0.1) is 0 Å². The van der Waals surface area contributed by atoms with E-state index in [2.05, 4.69) is 30.8 Å². The highest BCUT2D eigenvalue weighted by Crippen LogP contribution is 2.45. The van der Waals surface area contributed by atoms with Crippen molar-refractivity contribution < 1.29 is 9.53 Å². The fourth-order valence-corrected chi connectivity index (χ4v) is 3.53. The third-order valence-corrected chi connectivity index (χ3v) is 3.76. The Morgan fingerprint density at radius 3 is 2.61 bits per heavy atom. The van der Waals surface area contributed by atoms with Crippen LogP contribution in [0.25, 0.3) is 0 Å². The molecule has 0 heterocycles. The van der Waals surface area contributed by atoms with Gasteiger partial charge in [0, 0.05) is 19.1 Å². The zero-order valence-electron chi connectivity index (χ0n) is 12.2. The van der Waals surface area contributed by atoms with Crippen LogP contribution in [-0.4, -0.2) is 32.2 Å². The Kier molecular flexibility index (Phi) is 5.17. The predicted octanol–water partition coefficient (Wildman–Crippen LogP) is 1.68. The monoisotopic (exact) mass is 256 g/mol. The van der Waals surface area contributed by atoms with Crippen LogP contribution >= 0.6 is 0 Å². The lowest BCUT2D eigenvalue weighted by molar-refractivity contribution is -0.140. The number of carbonyl (C=O) groups is 1. The van der Waals surface area contributed by atoms with Gasteiger partial charge in [-0.05, 0) is 30.1 Å². The van der Waals surface area contributed by atoms with Crippen molar-refractivity contribution in [1.29, 1.82) is 0 Å². The molecular weight excluding hydrogens is 228 g/mol. The van der Waals surface area contributed by atoms with E-state index in [1.807, 2.05) is 0 Å². The van der Waals surface area contributed by atoms with Crippen LogP contribution < -0.4 is 11.1 Å². The summed E-state index contributed by atoms with van der Waals surface area (Å²) in [6, 6.07) is 0.293. The normalized spacial score (nSPS) is 31.1. The van der Waals surface area contributed by atoms with Crippen molar-refractivity contribution in [2.75, 3.05) is 20.2 Å². The molecule has 18 heavy (non-hydrogen) atoms. The third kappa shape index (κ3) is 4.94. The summed E-state index contributed by atoms with van der Waals surface area (Å²) in [5.74, 6) is -0.159. The number of ether oxygens (including phenoxy) is 1. The SMILES string of the molecule is COC(=O)CCNCC1(C)CC(N)CC(C)(C)C1. The molecule has 0 spiro atoms. The van der Waals surface area contributed by atoms with Gasteiger partial charge in [-0.25, -0.2) is 0 Å². The Labute approximate surface area is 111 Å². The summed E-state index contributed by atoms with van der Waals surface area (Å²) >= 11 is 0. The van der Waals surface area contributed by atoms with Crippen molar-refractivity contribution in [2.45, 2.75) is 52.5 Å². The van der Waals surface area contributed by atoms with Crippen LogP contribution in [0, 0.1) is 10.8 Å². The molecule has 0 saturated heterocycles. The molecule has 1 aliphatic carbocycles. The average Bonchev–Trinajstić information content (AvgIpc) is 2.20. The highest BCUT2D eigenvalue weighted by molar-refractivity contribution is 5.69. The molecule has 1 rings (SSSR count). The van der Waals surface area contributed by atoms with E-state index in [0.717, 1.165) is 19.4 Å². The van der Waals surface area contributed by atoms with Gasteiger partial charge in [0.15, 0.2) is 0 Å². The molecule has 1 fully saturated rings. The van der Waals surface area contributed by atoms with Crippen molar-refractivity contribution in [3.8, 4) is 0 Å². The van der Waals surface area contributed by atoms with E-state index in [4.69, 9.17) is 5.73 Å². The first kappa shape index (κ1) is 15.4. The van der Waals surface area contributed by atoms with Crippen LogP contribution in [0.1, 0.15) is 46.5 Å². The molecule has 4 heteroatoms. The zero-order valence-corrected chi connectivity index (χ0v) is 12.2. The van der Waals surface area contributed by atoms with Gasteiger partial charge in [-0.1, -0.05) is 20.8 Å². The number of hydrogen-bond donors (Lipinski definition) is 2. The molecule has 4 nitrogen and oxygen atoms in total. The second-order valence-corrected chi connectivity index (χ2v) is 6.82. The number of carbonyl (C=O) groups excluding carboxylic acids is 1. The van der Waals surface area contributed by atoms with E-state index in [0.29, 0.717) is 24.4 Å². The van der Waals surface area contributed by atoms with Gasteiger partial charge in [0.25, 0.3) is 0 Å². The van der Waals surface area contributed by atoms with Gasteiger partial charge >= 0.3 is 5.97 Å². The molecule has 0 bridgehead atoms. The molecule has 2 atom stereocenters. The molecule has 0 radical (unpaired) electrons. The summed E-state index contributed by atoms with van der Waals surface area (Å²) in [6.45, 7) is 8.47. The Balaban J connectivity index is 2.37. The van der Waals surface area contributed by atoms with Crippen molar-refractivity contribution >= 4 is 5.97 Å². The summed E-state index contributed by atoms with van der Waals surface area (Å²) in [7, 11) is 1.42. The first-order valence-electron chi connectivity index (χ1n) is 6.79. The number of hydrogen-bond acceptors (Lipinski definition) is 4. The maximum absolute atomic E-state index is 11.0. The lowest BCUT2D eigenvalue weighted by Crippen LogP contribution is -2.46. The fourth-order valence-electron chi connectivity index (χ4n) is 3.53. The molecule has 0 amide bonds. The Morgan fingerprint density at radius 1 is 1.39 bits per heavy atom. The molecule has 0 aromatic rings. The summed E-state index contributed by atoms with van der Waals surface area (Å²) in [5.41, 5.74) is 6.71. The highest BCUT2D eigenvalue weighted by Gasteiger charge is 2.39. The van der Waals surface area contributed by atoms with Crippen LogP contribution in [0.3, 0.4) is 0 Å². The van der Waals surface area contributed by atoms with Crippen molar-refractivity contribution in [1.82, 2.24) is 5.32 Å². The quantitative estimate of drug-likeness (QED) is 0.580. The van der Waals surface area contributed by atoms with E-state index >= 15 is 0 Å². The van der Waals surface area contributed by atoms with Crippen LogP contribution in [-0.2, 0) is 9.53 Å². The molecular formula is C14H28N2O2. The minimum atomic E-state index is -0.159. The Bertz CT molecular complexity index is 292. The van der Waals surface area contributed by atoms with Crippen LogP contribution in [0.5, 0.6) is 0 Å². The minimum Gasteiger partial charge on any atom is -0.469 e. The second kappa shape index (κ2) is 6.02. The smallest absolute Gasteiger partial charge is 0.306 e. The van der Waals surface area contributed by atoms with E-state index < -0.39 is 0 Å². The summed E-state index contributed by atoms with van der Waals surface area (Å²) < 4.78 is 4.62. The van der Waals surface area contributed by atoms with Gasteiger partial charge in [0.05, 0.1) is 13.5 Å². The van der Waals surface area contributed by atoms with Gasteiger partial charge in [-0.2, -0.15) is 0 Å². The van der Waals surface area contributed by atoms with Crippen LogP contribution in [0.4, 0.5) is 0 Å². The van der Waals surface area contributed by atoms with Crippen LogP contribution in [0.15, 0.2) is 0 Å². The first-order valence-corrected chi connectivity index (χ1v) is 6.79. The number of methoxy groups -OCH3 is 1. The second-order valence-electron chi connectivity index (χ2n) is 6.82. The van der Waals surface area contributed by atoms with Gasteiger partial charge in [0.1, 0.15) is 0 Å². The zero-order chi connectivity index (χ0) is 13.8. The maximum atomic E-state index is 11.0. The van der Waals surface area contributed by atoms with Crippen molar-refractivity contribution in [2.24, 2.45) is 16.6 Å². The van der Waals surface area contributed by atoms with Crippen LogP contribution in [0.2, 0.25) is 0 Å². The number of nitrogens with one attached hydrogen (secondary N) is 1. The van der Waals surface area contributed by atoms with Gasteiger partial charge in [0.2, 0.25) is 0 Å². The predicted molar refractivity (Wildman–Crippen MR) is 73.2 cm³/mol. The Hall–Kier alpha value is -0.610. The third-order valence-electron chi connectivity index (χ3n) is 3.76. The molecule has 2 unspecified atom stereocenters. The lowest BCUT2D eigenvalue weighted by Gasteiger charge is -2.46. The molecule has 0 aromatic heterocycles. The van der Waals surface area contributed by atoms with Gasteiger partial charge < -0.3 is 15.8 Å². The average molecular weight is 256 g/mol. The number of rotatable bonds is 5. The molecule has 1 aliphatic rings. The van der Waals surface area contributed by atoms with E-state index in [9.17, 15) is 4.79 Å². The van der Waals surface area contributed by atoms with E-state index in [-0.39, 0.29) is 11.4 Å². The largest absolute Gasteiger partial charge is 0.469 e. The number of nitrogens with two attached hydrogens (primary N) is 1. The molecule has 1 saturated carbocycles. The number of esters is 1. The molecule has 0 aliphatic heterocycles. The maximum Gasteiger partial charge on any atom is 0.306 e. The van der Waals surface area contributed by atoms with Crippen molar-refractivity contribution in [3.05, 3.63) is 0 Å². The topological polar surface area (TPSA) is 64.3 Å². The molecule has 3 N–H and O–H groups in total. The summed E-state index contributed by atoms with van der Waals surface area (Å²) in [5, 5.41) is 3.36.